The molecule has 0 atom stereocenters. The monoisotopic (exact) mass is 506 g/mol. The molecule has 6 heteroatoms. The molecule has 1 saturated heterocycles. The Morgan fingerprint density at radius 1 is 0.914 bits per heavy atom. The third kappa shape index (κ3) is 4.53. The number of para-hydroxylation sites is 1. The Labute approximate surface area is 213 Å². The molecule has 3 aromatic carbocycles. The predicted octanol–water partition coefficient (Wildman–Crippen LogP) is 6.84. The summed E-state index contributed by atoms with van der Waals surface area (Å²) >= 11 is 6.25. The number of benzene rings is 3. The standard InChI is InChI=1S/C29H31ClN2O2S/c1-20-11-12-21(2)28(17-20)35(33,34)31-15-13-24(14-16-31)29-22(3)32(27-10-5-4-9-26(27)29)19-23-7-6-8-25(30)18-23/h4-12,17-18,24H,13-16,19H2,1-3H3. The van der Waals surface area contributed by atoms with Crippen molar-refractivity contribution in [2.24, 2.45) is 0 Å². The van der Waals surface area contributed by atoms with Gasteiger partial charge in [0.05, 0.1) is 4.90 Å². The van der Waals surface area contributed by atoms with Crippen molar-refractivity contribution in [1.82, 2.24) is 8.87 Å². The molecule has 1 aliphatic heterocycles. The summed E-state index contributed by atoms with van der Waals surface area (Å²) in [6.45, 7) is 7.83. The molecule has 0 N–H and O–H groups in total. The van der Waals surface area contributed by atoms with Crippen LogP contribution < -0.4 is 0 Å². The summed E-state index contributed by atoms with van der Waals surface area (Å²) in [7, 11) is -3.50. The molecule has 2 heterocycles. The van der Waals surface area contributed by atoms with Crippen LogP contribution >= 0.6 is 11.6 Å². The number of rotatable bonds is 5. The molecule has 0 unspecified atom stereocenters. The van der Waals surface area contributed by atoms with Gasteiger partial charge in [0.25, 0.3) is 0 Å². The van der Waals surface area contributed by atoms with E-state index in [2.05, 4.69) is 41.8 Å². The van der Waals surface area contributed by atoms with E-state index in [0.717, 1.165) is 35.5 Å². The number of sulfonamides is 1. The van der Waals surface area contributed by atoms with Crippen LogP contribution in [-0.4, -0.2) is 30.4 Å². The van der Waals surface area contributed by atoms with Gasteiger partial charge in [-0.15, -0.1) is 0 Å². The zero-order valence-corrected chi connectivity index (χ0v) is 22.0. The minimum atomic E-state index is -3.50. The van der Waals surface area contributed by atoms with E-state index in [-0.39, 0.29) is 0 Å². The summed E-state index contributed by atoms with van der Waals surface area (Å²) in [5.74, 6) is 0.325. The lowest BCUT2D eigenvalue weighted by Gasteiger charge is -2.32. The fourth-order valence-corrected chi connectivity index (χ4v) is 7.50. The number of aromatic nitrogens is 1. The van der Waals surface area contributed by atoms with Crippen LogP contribution in [0.4, 0.5) is 0 Å². The lowest BCUT2D eigenvalue weighted by atomic mass is 9.88. The molecular formula is C29H31ClN2O2S. The summed E-state index contributed by atoms with van der Waals surface area (Å²) in [6, 6.07) is 22.2. The number of hydrogen-bond donors (Lipinski definition) is 0. The molecule has 0 bridgehead atoms. The molecule has 4 aromatic rings. The van der Waals surface area contributed by atoms with Gasteiger partial charge in [0.1, 0.15) is 0 Å². The van der Waals surface area contributed by atoms with Crippen molar-refractivity contribution in [2.75, 3.05) is 13.1 Å². The molecule has 0 spiro atoms. The molecule has 1 aliphatic rings. The van der Waals surface area contributed by atoms with E-state index in [9.17, 15) is 8.42 Å². The Hall–Kier alpha value is -2.60. The van der Waals surface area contributed by atoms with Crippen molar-refractivity contribution in [1.29, 1.82) is 0 Å². The predicted molar refractivity (Wildman–Crippen MR) is 144 cm³/mol. The van der Waals surface area contributed by atoms with Gasteiger partial charge in [-0.3, -0.25) is 0 Å². The quantitative estimate of drug-likeness (QED) is 0.297. The van der Waals surface area contributed by atoms with Crippen molar-refractivity contribution < 1.29 is 8.42 Å². The molecular weight excluding hydrogens is 476 g/mol. The largest absolute Gasteiger partial charge is 0.340 e. The van der Waals surface area contributed by atoms with E-state index in [1.54, 1.807) is 10.4 Å². The van der Waals surface area contributed by atoms with Crippen LogP contribution in [0.25, 0.3) is 10.9 Å². The maximum absolute atomic E-state index is 13.4. The second kappa shape index (κ2) is 9.45. The second-order valence-corrected chi connectivity index (χ2v) is 12.0. The third-order valence-electron chi connectivity index (χ3n) is 7.33. The minimum absolute atomic E-state index is 0.325. The van der Waals surface area contributed by atoms with E-state index in [0.29, 0.717) is 23.9 Å². The third-order valence-corrected chi connectivity index (χ3v) is 9.61. The van der Waals surface area contributed by atoms with E-state index in [4.69, 9.17) is 11.6 Å². The first-order chi connectivity index (χ1) is 16.8. The maximum Gasteiger partial charge on any atom is 0.243 e. The van der Waals surface area contributed by atoms with E-state index in [1.165, 1.54) is 27.7 Å². The molecule has 0 amide bonds. The zero-order valence-electron chi connectivity index (χ0n) is 20.5. The highest BCUT2D eigenvalue weighted by molar-refractivity contribution is 7.89. The summed E-state index contributed by atoms with van der Waals surface area (Å²) in [6.07, 6.45) is 1.63. The highest BCUT2D eigenvalue weighted by Gasteiger charge is 2.33. The Bertz CT molecular complexity index is 1500. The summed E-state index contributed by atoms with van der Waals surface area (Å²) < 4.78 is 30.9. The summed E-state index contributed by atoms with van der Waals surface area (Å²) in [4.78, 5) is 0.435. The molecule has 182 valence electrons. The van der Waals surface area contributed by atoms with E-state index in [1.807, 2.05) is 44.2 Å². The Kier molecular flexibility index (Phi) is 6.51. The fraction of sp³-hybridized carbons (Fsp3) is 0.310. The van der Waals surface area contributed by atoms with E-state index < -0.39 is 10.0 Å². The maximum atomic E-state index is 13.4. The average molecular weight is 507 g/mol. The van der Waals surface area contributed by atoms with Gasteiger partial charge in [0.2, 0.25) is 10.0 Å². The van der Waals surface area contributed by atoms with Gasteiger partial charge < -0.3 is 4.57 Å². The first-order valence-corrected chi connectivity index (χ1v) is 14.0. The molecule has 5 rings (SSSR count). The van der Waals surface area contributed by atoms with Crippen LogP contribution in [0.2, 0.25) is 5.02 Å². The second-order valence-electron chi connectivity index (χ2n) is 9.68. The van der Waals surface area contributed by atoms with Crippen molar-refractivity contribution in [3.63, 3.8) is 0 Å². The van der Waals surface area contributed by atoms with Crippen LogP contribution in [0, 0.1) is 20.8 Å². The van der Waals surface area contributed by atoms with Gasteiger partial charge in [-0.2, -0.15) is 4.31 Å². The highest BCUT2D eigenvalue weighted by atomic mass is 35.5. The van der Waals surface area contributed by atoms with Crippen LogP contribution in [0.1, 0.15) is 46.7 Å². The lowest BCUT2D eigenvalue weighted by Crippen LogP contribution is -2.38. The normalized spacial score (nSPS) is 15.7. The van der Waals surface area contributed by atoms with Crippen LogP contribution in [0.3, 0.4) is 0 Å². The summed E-state index contributed by atoms with van der Waals surface area (Å²) in [5.41, 5.74) is 6.76. The van der Waals surface area contributed by atoms with Crippen molar-refractivity contribution in [3.05, 3.63) is 99.7 Å². The Morgan fingerprint density at radius 3 is 2.40 bits per heavy atom. The Balaban J connectivity index is 1.44. The fourth-order valence-electron chi connectivity index (χ4n) is 5.50. The van der Waals surface area contributed by atoms with Gasteiger partial charge in [-0.1, -0.05) is 54.1 Å². The number of halogens is 1. The van der Waals surface area contributed by atoms with Gasteiger partial charge >= 0.3 is 0 Å². The average Bonchev–Trinajstić information content (AvgIpc) is 3.12. The van der Waals surface area contributed by atoms with Crippen molar-refractivity contribution in [3.8, 4) is 0 Å². The number of fused-ring (bicyclic) bond motifs is 1. The van der Waals surface area contributed by atoms with Gasteiger partial charge in [-0.25, -0.2) is 8.42 Å². The molecule has 0 aliphatic carbocycles. The molecule has 0 saturated carbocycles. The molecule has 1 aromatic heterocycles. The van der Waals surface area contributed by atoms with E-state index >= 15 is 0 Å². The first-order valence-electron chi connectivity index (χ1n) is 12.2. The van der Waals surface area contributed by atoms with Crippen molar-refractivity contribution in [2.45, 2.75) is 51.0 Å². The van der Waals surface area contributed by atoms with Gasteiger partial charge in [0.15, 0.2) is 0 Å². The number of aryl methyl sites for hydroxylation is 2. The summed E-state index contributed by atoms with van der Waals surface area (Å²) in [5, 5.41) is 2.01. The van der Waals surface area contributed by atoms with Gasteiger partial charge in [-0.05, 0) is 86.1 Å². The number of hydrogen-bond acceptors (Lipinski definition) is 2. The zero-order chi connectivity index (χ0) is 24.7. The highest BCUT2D eigenvalue weighted by Crippen LogP contribution is 2.39. The molecule has 1 fully saturated rings. The van der Waals surface area contributed by atoms with Crippen LogP contribution in [-0.2, 0) is 16.6 Å². The Morgan fingerprint density at radius 2 is 1.66 bits per heavy atom. The lowest BCUT2D eigenvalue weighted by molar-refractivity contribution is 0.319. The van der Waals surface area contributed by atoms with Gasteiger partial charge in [0, 0.05) is 41.3 Å². The minimum Gasteiger partial charge on any atom is -0.340 e. The molecule has 35 heavy (non-hydrogen) atoms. The van der Waals surface area contributed by atoms with Crippen molar-refractivity contribution >= 4 is 32.5 Å². The van der Waals surface area contributed by atoms with Crippen LogP contribution in [0.15, 0.2) is 71.6 Å². The topological polar surface area (TPSA) is 42.3 Å². The number of piperidine rings is 1. The molecule has 4 nitrogen and oxygen atoms in total. The SMILES string of the molecule is Cc1ccc(C)c(S(=O)(=O)N2CCC(c3c(C)n(Cc4cccc(Cl)c4)c4ccccc34)CC2)c1. The smallest absolute Gasteiger partial charge is 0.243 e. The number of nitrogens with zero attached hydrogens (tertiary/aromatic N) is 2. The first kappa shape index (κ1) is 24.1. The van der Waals surface area contributed by atoms with Crippen LogP contribution in [0.5, 0.6) is 0 Å². The molecule has 0 radical (unpaired) electrons.